The summed E-state index contributed by atoms with van der Waals surface area (Å²) in [5.74, 6) is 0.911. The van der Waals surface area contributed by atoms with Gasteiger partial charge in [0.25, 0.3) is 0 Å². The lowest BCUT2D eigenvalue weighted by atomic mass is 9.98. The predicted molar refractivity (Wildman–Crippen MR) is 186 cm³/mol. The average Bonchev–Trinajstić information content (AvgIpc) is 3.69. The zero-order chi connectivity index (χ0) is 34.5. The number of aromatic nitrogens is 4. The maximum atomic E-state index is 11.5. The first-order chi connectivity index (χ1) is 23.7. The van der Waals surface area contributed by atoms with Gasteiger partial charge in [-0.15, -0.1) is 0 Å². The van der Waals surface area contributed by atoms with E-state index in [0.717, 1.165) is 25.0 Å². The van der Waals surface area contributed by atoms with Crippen molar-refractivity contribution in [2.45, 2.75) is 63.1 Å². The number of rotatable bonds is 12. The number of hydrogen-bond acceptors (Lipinski definition) is 10. The highest BCUT2D eigenvalue weighted by Crippen LogP contribution is 2.42. The van der Waals surface area contributed by atoms with E-state index in [1.54, 1.807) is 19.5 Å². The van der Waals surface area contributed by atoms with E-state index >= 15 is 0 Å². The molecular weight excluding hydrogens is 665 g/mol. The molecule has 254 valence electrons. The lowest BCUT2D eigenvalue weighted by molar-refractivity contribution is -0.119. The van der Waals surface area contributed by atoms with Gasteiger partial charge in [-0.25, -0.2) is 9.97 Å². The number of carbonyl (C=O) groups excluding carboxylic acids is 1. The minimum atomic E-state index is -1.01. The fraction of sp³-hybridized carbons (Fsp3) is 0.389. The van der Waals surface area contributed by atoms with Crippen LogP contribution in [0.15, 0.2) is 48.8 Å². The van der Waals surface area contributed by atoms with E-state index in [9.17, 15) is 9.90 Å². The van der Waals surface area contributed by atoms with Crippen LogP contribution in [0.5, 0.6) is 11.8 Å². The van der Waals surface area contributed by atoms with Gasteiger partial charge in [-0.3, -0.25) is 19.7 Å². The summed E-state index contributed by atoms with van der Waals surface area (Å²) in [6.45, 7) is 1.45. The molecule has 0 radical (unpaired) electrons. The lowest BCUT2D eigenvalue weighted by Gasteiger charge is -2.21. The number of hydrogen-bond donors (Lipinski definition) is 2. The third kappa shape index (κ3) is 7.63. The molecule has 0 saturated carbocycles. The highest BCUT2D eigenvalue weighted by atomic mass is 35.5. The fourth-order valence-corrected chi connectivity index (χ4v) is 7.17. The molecule has 2 aliphatic heterocycles. The molecule has 6 rings (SSSR count). The van der Waals surface area contributed by atoms with E-state index in [4.69, 9.17) is 47.9 Å². The molecule has 1 amide bonds. The van der Waals surface area contributed by atoms with Crippen LogP contribution in [-0.2, 0) is 17.8 Å². The van der Waals surface area contributed by atoms with Crippen molar-refractivity contribution < 1.29 is 19.4 Å². The zero-order valence-electron chi connectivity index (χ0n) is 27.4. The minimum absolute atomic E-state index is 0.0883. The van der Waals surface area contributed by atoms with Crippen molar-refractivity contribution in [2.24, 2.45) is 0 Å². The maximum absolute atomic E-state index is 11.5. The Labute approximate surface area is 295 Å². The number of aliphatic hydroxyl groups is 1. The first kappa shape index (κ1) is 34.5. The monoisotopic (exact) mass is 701 g/mol. The van der Waals surface area contributed by atoms with E-state index in [-0.39, 0.29) is 18.4 Å². The quantitative estimate of drug-likeness (QED) is 0.179. The minimum Gasteiger partial charge on any atom is -0.480 e. The third-order valence-electron chi connectivity index (χ3n) is 9.09. The highest BCUT2D eigenvalue weighted by Gasteiger charge is 2.36. The molecule has 0 spiro atoms. The molecule has 49 heavy (non-hydrogen) atoms. The number of nitrogens with zero attached hydrogens (tertiary/aromatic N) is 6. The number of nitriles is 1. The summed E-state index contributed by atoms with van der Waals surface area (Å²) >= 11 is 14.1. The molecule has 2 fully saturated rings. The smallest absolute Gasteiger partial charge is 0.237 e. The Kier molecular flexibility index (Phi) is 10.6. The average molecular weight is 703 g/mol. The Morgan fingerprint density at radius 3 is 2.14 bits per heavy atom. The van der Waals surface area contributed by atoms with E-state index in [2.05, 4.69) is 21.4 Å². The second-order valence-corrected chi connectivity index (χ2v) is 13.2. The molecule has 11 nitrogen and oxygen atoms in total. The Hall–Kier alpha value is -4.34. The second kappa shape index (κ2) is 15.0. The highest BCUT2D eigenvalue weighted by molar-refractivity contribution is 6.39. The second-order valence-electron chi connectivity index (χ2n) is 12.5. The van der Waals surface area contributed by atoms with Gasteiger partial charge in [0.05, 0.1) is 66.1 Å². The normalized spacial score (nSPS) is 19.1. The van der Waals surface area contributed by atoms with Crippen LogP contribution in [0.3, 0.4) is 0 Å². The number of aryl methyl sites for hydroxylation is 1. The van der Waals surface area contributed by atoms with Crippen LogP contribution >= 0.6 is 23.2 Å². The van der Waals surface area contributed by atoms with Crippen LogP contribution < -0.4 is 14.8 Å². The van der Waals surface area contributed by atoms with E-state index in [1.807, 2.05) is 41.3 Å². The summed E-state index contributed by atoms with van der Waals surface area (Å²) in [5.41, 5.74) is 4.22. The van der Waals surface area contributed by atoms with Gasteiger partial charge in [0.2, 0.25) is 17.7 Å². The molecule has 13 heteroatoms. The molecule has 1 unspecified atom stereocenters. The first-order valence-electron chi connectivity index (χ1n) is 16.2. The molecule has 2 N–H and O–H groups in total. The van der Waals surface area contributed by atoms with E-state index in [1.165, 1.54) is 7.11 Å². The van der Waals surface area contributed by atoms with Gasteiger partial charge < -0.3 is 19.9 Å². The molecule has 0 aliphatic carbocycles. The number of benzene rings is 2. The Bertz CT molecular complexity index is 1900. The fourth-order valence-electron chi connectivity index (χ4n) is 6.52. The van der Waals surface area contributed by atoms with Gasteiger partial charge in [-0.05, 0) is 32.1 Å². The van der Waals surface area contributed by atoms with Gasteiger partial charge in [0.15, 0.2) is 0 Å². The lowest BCUT2D eigenvalue weighted by Crippen LogP contribution is -2.32. The summed E-state index contributed by atoms with van der Waals surface area (Å²) in [5, 5.41) is 23.6. The van der Waals surface area contributed by atoms with Crippen LogP contribution in [-0.4, -0.2) is 74.8 Å². The zero-order valence-corrected chi connectivity index (χ0v) is 28.9. The summed E-state index contributed by atoms with van der Waals surface area (Å²) < 4.78 is 11.2. The number of nitrogens with one attached hydrogen (secondary N) is 1. The van der Waals surface area contributed by atoms with E-state index < -0.39 is 5.60 Å². The number of carbonyl (C=O) groups is 1. The van der Waals surface area contributed by atoms with Crippen LogP contribution in [0.25, 0.3) is 33.6 Å². The summed E-state index contributed by atoms with van der Waals surface area (Å²) in [7, 11) is 3.11. The largest absolute Gasteiger partial charge is 0.480 e. The number of likely N-dealkylation sites (tertiary alicyclic amines) is 1. The molecular formula is C36H37Cl2N7O4. The van der Waals surface area contributed by atoms with Crippen molar-refractivity contribution in [2.75, 3.05) is 27.3 Å². The van der Waals surface area contributed by atoms with Crippen molar-refractivity contribution >= 4 is 29.1 Å². The summed E-state index contributed by atoms with van der Waals surface area (Å²) in [6, 6.07) is 13.6. The molecule has 2 atom stereocenters. The molecule has 0 bridgehead atoms. The van der Waals surface area contributed by atoms with Gasteiger partial charge in [-0.1, -0.05) is 59.6 Å². The Morgan fingerprint density at radius 2 is 1.57 bits per heavy atom. The molecule has 2 aliphatic rings. The molecule has 2 saturated heterocycles. The summed E-state index contributed by atoms with van der Waals surface area (Å²) in [6.07, 6.45) is 7.84. The number of ether oxygens (including phenoxy) is 2. The van der Waals surface area contributed by atoms with Gasteiger partial charge in [0.1, 0.15) is 11.4 Å². The van der Waals surface area contributed by atoms with E-state index in [0.29, 0.717) is 100 Å². The third-order valence-corrected chi connectivity index (χ3v) is 9.91. The SMILES string of the molecule is COc1nc(-c2cccc(-c3cccc(-c4cnc(CN5CCC(O)(CC#N)C5)c(OC)n4)c3Cl)c2Cl)cnc1CCC[C@@H]1CCC(=O)N1. The topological polar surface area (TPSA) is 146 Å². The number of amides is 1. The van der Waals surface area contributed by atoms with Gasteiger partial charge >= 0.3 is 0 Å². The van der Waals surface area contributed by atoms with Crippen LogP contribution in [0, 0.1) is 11.3 Å². The Morgan fingerprint density at radius 1 is 0.980 bits per heavy atom. The predicted octanol–water partition coefficient (Wildman–Crippen LogP) is 6.04. The first-order valence-corrected chi connectivity index (χ1v) is 17.0. The van der Waals surface area contributed by atoms with Crippen molar-refractivity contribution in [1.82, 2.24) is 30.2 Å². The van der Waals surface area contributed by atoms with Crippen LogP contribution in [0.1, 0.15) is 49.9 Å². The van der Waals surface area contributed by atoms with Gasteiger partial charge in [-0.2, -0.15) is 5.26 Å². The summed E-state index contributed by atoms with van der Waals surface area (Å²) in [4.78, 5) is 32.4. The van der Waals surface area contributed by atoms with Crippen molar-refractivity contribution in [3.05, 3.63) is 70.2 Å². The van der Waals surface area contributed by atoms with Crippen molar-refractivity contribution in [3.8, 4) is 51.5 Å². The maximum Gasteiger partial charge on any atom is 0.237 e. The molecule has 4 aromatic rings. The van der Waals surface area contributed by atoms with Crippen LogP contribution in [0.2, 0.25) is 10.0 Å². The number of methoxy groups -OCH3 is 2. The molecule has 2 aromatic heterocycles. The number of β-amino-alcohol motifs (C(OH)–C–C–N with tert-alkyl or cyclic N) is 1. The van der Waals surface area contributed by atoms with Crippen LogP contribution in [0.4, 0.5) is 0 Å². The van der Waals surface area contributed by atoms with Crippen molar-refractivity contribution in [3.63, 3.8) is 0 Å². The number of halogens is 2. The van der Waals surface area contributed by atoms with Crippen molar-refractivity contribution in [1.29, 1.82) is 5.26 Å². The van der Waals surface area contributed by atoms with Gasteiger partial charge in [0, 0.05) is 54.4 Å². The Balaban J connectivity index is 1.22. The molecule has 2 aromatic carbocycles. The molecule has 4 heterocycles. The standard InChI is InChI=1S/C36H37Cl2N7O4/c1-48-34-27(11-3-6-22-12-13-31(46)42-22)40-18-28(43-34)25-9-4-7-23(32(25)37)24-8-5-10-26(33(24)38)29-19-41-30(35(44-29)49-2)20-45-17-15-36(47,21-45)14-16-39/h4-5,7-10,18-19,22,47H,3,6,11-15,17,20-21H2,1-2H3,(H,42,46)/t22-,36?/m1/s1.